The summed E-state index contributed by atoms with van der Waals surface area (Å²) in [6.07, 6.45) is 0. The highest BCUT2D eigenvalue weighted by atomic mass is 35.5. The highest BCUT2D eigenvalue weighted by molar-refractivity contribution is 6.34. The van der Waals surface area contributed by atoms with E-state index in [1.165, 1.54) is 0 Å². The van der Waals surface area contributed by atoms with E-state index in [0.717, 1.165) is 5.56 Å². The van der Waals surface area contributed by atoms with Gasteiger partial charge in [-0.25, -0.2) is 0 Å². The van der Waals surface area contributed by atoms with E-state index in [1.807, 2.05) is 13.0 Å². The largest absolute Gasteiger partial charge is 0.398 e. The summed E-state index contributed by atoms with van der Waals surface area (Å²) in [4.78, 5) is 11.5. The van der Waals surface area contributed by atoms with Crippen molar-refractivity contribution in [2.24, 2.45) is 0 Å². The van der Waals surface area contributed by atoms with E-state index < -0.39 is 5.38 Å². The zero-order valence-corrected chi connectivity index (χ0v) is 8.43. The first kappa shape index (κ1) is 10.1. The van der Waals surface area contributed by atoms with Crippen LogP contribution in [0.4, 0.5) is 5.69 Å². The van der Waals surface area contributed by atoms with Crippen molar-refractivity contribution in [3.63, 3.8) is 0 Å². The lowest BCUT2D eigenvalue weighted by atomic mass is 10.0. The van der Waals surface area contributed by atoms with Gasteiger partial charge in [0.1, 0.15) is 0 Å². The molecule has 1 aromatic carbocycles. The molecule has 0 aliphatic rings. The Bertz CT molecular complexity index is 334. The number of rotatable bonds is 2. The van der Waals surface area contributed by atoms with Crippen LogP contribution in [0.25, 0.3) is 0 Å². The van der Waals surface area contributed by atoms with Crippen LogP contribution in [0.15, 0.2) is 18.2 Å². The van der Waals surface area contributed by atoms with E-state index in [0.29, 0.717) is 11.3 Å². The molecule has 0 fully saturated rings. The summed E-state index contributed by atoms with van der Waals surface area (Å²) in [6, 6.07) is 5.37. The van der Waals surface area contributed by atoms with E-state index >= 15 is 0 Å². The lowest BCUT2D eigenvalue weighted by Gasteiger charge is -2.07. The minimum absolute atomic E-state index is 0.122. The maximum atomic E-state index is 11.5. The van der Waals surface area contributed by atoms with Gasteiger partial charge in [-0.1, -0.05) is 12.1 Å². The summed E-state index contributed by atoms with van der Waals surface area (Å²) in [6.45, 7) is 3.51. The molecular formula is C10H12ClNO. The normalized spacial score (nSPS) is 12.5. The molecule has 1 rings (SSSR count). The number of alkyl halides is 1. The molecule has 0 saturated heterocycles. The molecule has 0 heterocycles. The van der Waals surface area contributed by atoms with Crippen molar-refractivity contribution < 1.29 is 4.79 Å². The number of nitrogens with two attached hydrogens (primary N) is 1. The Morgan fingerprint density at radius 1 is 1.54 bits per heavy atom. The van der Waals surface area contributed by atoms with Gasteiger partial charge in [0, 0.05) is 11.3 Å². The Labute approximate surface area is 82.7 Å². The number of nitrogen functional groups attached to an aromatic ring is 1. The summed E-state index contributed by atoms with van der Waals surface area (Å²) >= 11 is 5.68. The van der Waals surface area contributed by atoms with Gasteiger partial charge in [0.25, 0.3) is 0 Å². The number of halogens is 1. The maximum absolute atomic E-state index is 11.5. The topological polar surface area (TPSA) is 43.1 Å². The fraction of sp³-hybridized carbons (Fsp3) is 0.300. The molecule has 13 heavy (non-hydrogen) atoms. The summed E-state index contributed by atoms with van der Waals surface area (Å²) in [5.41, 5.74) is 7.69. The van der Waals surface area contributed by atoms with Crippen molar-refractivity contribution >= 4 is 23.1 Å². The van der Waals surface area contributed by atoms with Gasteiger partial charge in [0.15, 0.2) is 5.78 Å². The molecule has 0 saturated carbocycles. The van der Waals surface area contributed by atoms with Gasteiger partial charge in [0.2, 0.25) is 0 Å². The highest BCUT2D eigenvalue weighted by Gasteiger charge is 2.15. The molecule has 0 bridgehead atoms. The first-order valence-electron chi connectivity index (χ1n) is 4.07. The summed E-state index contributed by atoms with van der Waals surface area (Å²) in [5, 5.41) is -0.524. The molecule has 1 unspecified atom stereocenters. The van der Waals surface area contributed by atoms with Crippen LogP contribution in [0, 0.1) is 6.92 Å². The number of para-hydroxylation sites is 1. The van der Waals surface area contributed by atoms with Crippen molar-refractivity contribution in [3.05, 3.63) is 29.3 Å². The quantitative estimate of drug-likeness (QED) is 0.450. The number of hydrogen-bond acceptors (Lipinski definition) is 2. The molecule has 70 valence electrons. The van der Waals surface area contributed by atoms with E-state index in [1.54, 1.807) is 19.1 Å². The minimum atomic E-state index is -0.524. The number of ketones is 1. The molecule has 0 amide bonds. The number of Topliss-reactive ketones (excluding diaryl/α,β-unsaturated/α-hetero) is 1. The first-order valence-corrected chi connectivity index (χ1v) is 4.51. The average molecular weight is 198 g/mol. The fourth-order valence-corrected chi connectivity index (χ4v) is 1.23. The summed E-state index contributed by atoms with van der Waals surface area (Å²) < 4.78 is 0. The Balaban J connectivity index is 3.15. The second-order valence-electron chi connectivity index (χ2n) is 3.02. The van der Waals surface area contributed by atoms with Crippen molar-refractivity contribution in [2.75, 3.05) is 5.73 Å². The molecule has 1 aromatic rings. The third-order valence-corrected chi connectivity index (χ3v) is 2.15. The van der Waals surface area contributed by atoms with E-state index in [-0.39, 0.29) is 5.78 Å². The molecule has 2 nitrogen and oxygen atoms in total. The van der Waals surface area contributed by atoms with Gasteiger partial charge in [-0.2, -0.15) is 0 Å². The van der Waals surface area contributed by atoms with Gasteiger partial charge in [-0.05, 0) is 25.5 Å². The van der Waals surface area contributed by atoms with Gasteiger partial charge < -0.3 is 5.73 Å². The Hall–Kier alpha value is -1.02. The van der Waals surface area contributed by atoms with Gasteiger partial charge in [-0.15, -0.1) is 11.6 Å². The Morgan fingerprint density at radius 2 is 2.15 bits per heavy atom. The standard InChI is InChI=1S/C10H12ClNO/c1-6-4-3-5-8(9(6)12)10(13)7(2)11/h3-5,7H,12H2,1-2H3. The molecule has 2 N–H and O–H groups in total. The van der Waals surface area contributed by atoms with Crippen LogP contribution in [0.1, 0.15) is 22.8 Å². The lowest BCUT2D eigenvalue weighted by molar-refractivity contribution is 0.0992. The minimum Gasteiger partial charge on any atom is -0.398 e. The monoisotopic (exact) mass is 197 g/mol. The van der Waals surface area contributed by atoms with Crippen LogP contribution in [-0.4, -0.2) is 11.2 Å². The van der Waals surface area contributed by atoms with Crippen LogP contribution in [0.3, 0.4) is 0 Å². The van der Waals surface area contributed by atoms with E-state index in [9.17, 15) is 4.79 Å². The van der Waals surface area contributed by atoms with Crippen LogP contribution in [-0.2, 0) is 0 Å². The molecule has 0 aliphatic carbocycles. The summed E-state index contributed by atoms with van der Waals surface area (Å²) in [5.74, 6) is -0.122. The smallest absolute Gasteiger partial charge is 0.182 e. The average Bonchev–Trinajstić information content (AvgIpc) is 2.08. The van der Waals surface area contributed by atoms with Gasteiger partial charge in [-0.3, -0.25) is 4.79 Å². The Morgan fingerprint density at radius 3 is 2.69 bits per heavy atom. The van der Waals surface area contributed by atoms with Crippen LogP contribution >= 0.6 is 11.6 Å². The molecule has 3 heteroatoms. The molecule has 0 radical (unpaired) electrons. The predicted molar refractivity (Wildman–Crippen MR) is 55.2 cm³/mol. The third-order valence-electron chi connectivity index (χ3n) is 1.95. The number of carbonyl (C=O) groups excluding carboxylic acids is 1. The maximum Gasteiger partial charge on any atom is 0.182 e. The van der Waals surface area contributed by atoms with Gasteiger partial charge in [0.05, 0.1) is 5.38 Å². The number of anilines is 1. The van der Waals surface area contributed by atoms with Crippen molar-refractivity contribution in [3.8, 4) is 0 Å². The zero-order chi connectivity index (χ0) is 10.0. The predicted octanol–water partition coefficient (Wildman–Crippen LogP) is 2.39. The zero-order valence-electron chi connectivity index (χ0n) is 7.67. The van der Waals surface area contributed by atoms with E-state index in [4.69, 9.17) is 17.3 Å². The molecular weight excluding hydrogens is 186 g/mol. The second kappa shape index (κ2) is 3.79. The summed E-state index contributed by atoms with van der Waals surface area (Å²) in [7, 11) is 0. The lowest BCUT2D eigenvalue weighted by Crippen LogP contribution is -2.13. The molecule has 1 atom stereocenters. The van der Waals surface area contributed by atoms with Crippen LogP contribution in [0.2, 0.25) is 0 Å². The van der Waals surface area contributed by atoms with Crippen molar-refractivity contribution in [1.82, 2.24) is 0 Å². The molecule has 0 spiro atoms. The van der Waals surface area contributed by atoms with Crippen molar-refractivity contribution in [1.29, 1.82) is 0 Å². The second-order valence-corrected chi connectivity index (χ2v) is 3.67. The molecule has 0 aromatic heterocycles. The van der Waals surface area contributed by atoms with Gasteiger partial charge >= 0.3 is 0 Å². The molecule has 0 aliphatic heterocycles. The van der Waals surface area contributed by atoms with Crippen LogP contribution < -0.4 is 5.73 Å². The third kappa shape index (κ3) is 2.01. The number of aryl methyl sites for hydroxylation is 1. The Kier molecular flexibility index (Phi) is 2.94. The number of benzene rings is 1. The SMILES string of the molecule is Cc1cccc(C(=O)C(C)Cl)c1N. The first-order chi connectivity index (χ1) is 6.04. The fourth-order valence-electron chi connectivity index (χ4n) is 1.11. The number of carbonyl (C=O) groups is 1. The number of hydrogen-bond donors (Lipinski definition) is 1. The van der Waals surface area contributed by atoms with Crippen LogP contribution in [0.5, 0.6) is 0 Å². The van der Waals surface area contributed by atoms with Crippen molar-refractivity contribution in [2.45, 2.75) is 19.2 Å². The highest BCUT2D eigenvalue weighted by Crippen LogP contribution is 2.19. The van der Waals surface area contributed by atoms with E-state index in [2.05, 4.69) is 0 Å².